The van der Waals surface area contributed by atoms with Crippen LogP contribution < -0.4 is 10.3 Å². The Hall–Kier alpha value is -3.97. The van der Waals surface area contributed by atoms with E-state index in [0.29, 0.717) is 15.7 Å². The van der Waals surface area contributed by atoms with Crippen LogP contribution in [0.25, 0.3) is 0 Å². The van der Waals surface area contributed by atoms with E-state index >= 15 is 0 Å². The third kappa shape index (κ3) is 3.64. The van der Waals surface area contributed by atoms with Crippen LogP contribution in [0.1, 0.15) is 38.5 Å². The van der Waals surface area contributed by atoms with Crippen LogP contribution in [0.5, 0.6) is 0 Å². The first kappa shape index (κ1) is 26.0. The third-order valence-corrected chi connectivity index (χ3v) is 9.25. The molecule has 0 unspecified atom stereocenters. The van der Waals surface area contributed by atoms with Crippen molar-refractivity contribution in [2.75, 3.05) is 4.90 Å². The minimum absolute atomic E-state index is 0.184. The van der Waals surface area contributed by atoms with E-state index in [1.54, 1.807) is 36.5 Å². The molecule has 202 valence electrons. The van der Waals surface area contributed by atoms with Crippen LogP contribution >= 0.6 is 34.8 Å². The van der Waals surface area contributed by atoms with Crippen LogP contribution in [0.4, 0.5) is 5.69 Å². The predicted octanol–water partition coefficient (Wildman–Crippen LogP) is 6.61. The number of hydrazone groups is 1. The maximum atomic E-state index is 14.4. The molecule has 6 nitrogen and oxygen atoms in total. The van der Waals surface area contributed by atoms with Crippen LogP contribution in [-0.2, 0) is 15.0 Å². The summed E-state index contributed by atoms with van der Waals surface area (Å²) in [5.74, 6) is -3.02. The lowest BCUT2D eigenvalue weighted by atomic mass is 9.47. The number of anilines is 1. The number of nitrogens with one attached hydrogen (secondary N) is 1. The van der Waals surface area contributed by atoms with Crippen LogP contribution in [0, 0.1) is 11.8 Å². The smallest absolute Gasteiger partial charge is 0.272 e. The van der Waals surface area contributed by atoms with Crippen molar-refractivity contribution in [3.05, 3.63) is 134 Å². The molecule has 2 bridgehead atoms. The van der Waals surface area contributed by atoms with Gasteiger partial charge in [-0.3, -0.25) is 14.4 Å². The number of imide groups is 1. The van der Waals surface area contributed by atoms with Gasteiger partial charge in [-0.2, -0.15) is 5.10 Å². The van der Waals surface area contributed by atoms with Gasteiger partial charge in [-0.15, -0.1) is 0 Å². The molecular formula is C32H20Cl3N3O3. The molecule has 1 heterocycles. The normalized spacial score (nSPS) is 23.9. The lowest BCUT2D eigenvalue weighted by Crippen LogP contribution is -2.54. The van der Waals surface area contributed by atoms with Gasteiger partial charge in [0.1, 0.15) is 0 Å². The summed E-state index contributed by atoms with van der Waals surface area (Å²) in [5, 5.41) is 5.31. The second-order valence-electron chi connectivity index (χ2n) is 10.3. The Labute approximate surface area is 250 Å². The fraction of sp³-hybridized carbons (Fsp3) is 0.125. The number of benzene rings is 4. The van der Waals surface area contributed by atoms with Crippen molar-refractivity contribution < 1.29 is 14.4 Å². The van der Waals surface area contributed by atoms with E-state index in [2.05, 4.69) is 10.5 Å². The number of rotatable bonds is 4. The van der Waals surface area contributed by atoms with Gasteiger partial charge in [0.25, 0.3) is 5.91 Å². The second-order valence-corrected chi connectivity index (χ2v) is 11.6. The lowest BCUT2D eigenvalue weighted by molar-refractivity contribution is -0.122. The zero-order valence-corrected chi connectivity index (χ0v) is 23.5. The monoisotopic (exact) mass is 599 g/mol. The first-order chi connectivity index (χ1) is 19.8. The molecule has 41 heavy (non-hydrogen) atoms. The summed E-state index contributed by atoms with van der Waals surface area (Å²) in [6, 6.07) is 27.0. The molecule has 9 heteroatoms. The fourth-order valence-electron chi connectivity index (χ4n) is 6.85. The molecule has 8 rings (SSSR count). The predicted molar refractivity (Wildman–Crippen MR) is 159 cm³/mol. The van der Waals surface area contributed by atoms with Gasteiger partial charge in [0.15, 0.2) is 0 Å². The maximum Gasteiger partial charge on any atom is 0.272 e. The molecule has 0 spiro atoms. The molecule has 2 atom stereocenters. The van der Waals surface area contributed by atoms with Crippen molar-refractivity contribution in [2.24, 2.45) is 16.9 Å². The SMILES string of the molecule is O=C(N/N=C\C12c3ccccc3C(c3ccccc31)[C@H]1C(=O)N(c3ccccc3Cl)C(=O)[C@@H]12)c1ccc(Cl)cc1Cl. The first-order valence-electron chi connectivity index (χ1n) is 13.0. The molecular weight excluding hydrogens is 581 g/mol. The standard InChI is InChI=1S/C32H20Cl3N3O3/c33-17-13-14-20(24(35)15-17)29(39)37-36-16-32-21-9-3-1-7-18(21)26(19-8-2-4-10-22(19)32)27-28(32)31(41)38(30(27)40)25-12-6-5-11-23(25)34/h1-16,26-28H,(H,37,39)/b36-16-/t26?,27-,28-,32?/m1/s1. The summed E-state index contributed by atoms with van der Waals surface area (Å²) in [6.45, 7) is 0. The molecule has 0 radical (unpaired) electrons. The van der Waals surface area contributed by atoms with E-state index in [9.17, 15) is 14.4 Å². The van der Waals surface area contributed by atoms with Gasteiger partial charge in [0.2, 0.25) is 11.8 Å². The summed E-state index contributed by atoms with van der Waals surface area (Å²) >= 11 is 18.7. The number of amides is 3. The number of para-hydroxylation sites is 1. The molecule has 0 aromatic heterocycles. The van der Waals surface area contributed by atoms with Crippen molar-refractivity contribution >= 4 is 64.4 Å². The number of halogens is 3. The van der Waals surface area contributed by atoms with Gasteiger partial charge >= 0.3 is 0 Å². The average Bonchev–Trinajstić information content (AvgIpc) is 3.24. The summed E-state index contributed by atoms with van der Waals surface area (Å²) in [4.78, 5) is 42.8. The highest BCUT2D eigenvalue weighted by atomic mass is 35.5. The number of carbonyl (C=O) groups excluding carboxylic acids is 3. The molecule has 1 N–H and O–H groups in total. The van der Waals surface area contributed by atoms with Gasteiger partial charge in [0, 0.05) is 17.2 Å². The van der Waals surface area contributed by atoms with E-state index < -0.39 is 23.2 Å². The number of carbonyl (C=O) groups is 3. The minimum atomic E-state index is -1.13. The van der Waals surface area contributed by atoms with E-state index in [1.807, 2.05) is 48.5 Å². The van der Waals surface area contributed by atoms with Crippen LogP contribution in [-0.4, -0.2) is 23.9 Å². The summed E-state index contributed by atoms with van der Waals surface area (Å²) in [6.07, 6.45) is 1.60. The van der Waals surface area contributed by atoms with Crippen molar-refractivity contribution in [3.63, 3.8) is 0 Å². The Bertz CT molecular complexity index is 1770. The largest absolute Gasteiger partial charge is 0.274 e. The van der Waals surface area contributed by atoms with Crippen LogP contribution in [0.15, 0.2) is 96.1 Å². The highest BCUT2D eigenvalue weighted by Gasteiger charge is 2.68. The number of hydrogen-bond donors (Lipinski definition) is 1. The second kappa shape index (κ2) is 9.55. The Morgan fingerprint density at radius 3 is 2.10 bits per heavy atom. The van der Waals surface area contributed by atoms with E-state index in [0.717, 1.165) is 22.3 Å². The first-order valence-corrected chi connectivity index (χ1v) is 14.1. The van der Waals surface area contributed by atoms with Gasteiger partial charge in [-0.05, 0) is 52.6 Å². The molecule has 1 fully saturated rings. The van der Waals surface area contributed by atoms with E-state index in [1.165, 1.54) is 17.0 Å². The molecule has 4 aromatic rings. The van der Waals surface area contributed by atoms with E-state index in [-0.39, 0.29) is 28.3 Å². The Morgan fingerprint density at radius 1 is 0.805 bits per heavy atom. The quantitative estimate of drug-likeness (QED) is 0.163. The van der Waals surface area contributed by atoms with Gasteiger partial charge in [0.05, 0.1) is 38.5 Å². The molecule has 3 amide bonds. The molecule has 3 aliphatic carbocycles. The highest BCUT2D eigenvalue weighted by molar-refractivity contribution is 6.37. The third-order valence-electron chi connectivity index (χ3n) is 8.39. The minimum Gasteiger partial charge on any atom is -0.274 e. The number of hydrogen-bond acceptors (Lipinski definition) is 4. The lowest BCUT2D eigenvalue weighted by Gasteiger charge is -2.52. The Balaban J connectivity index is 1.40. The van der Waals surface area contributed by atoms with Gasteiger partial charge < -0.3 is 0 Å². The van der Waals surface area contributed by atoms with Crippen LogP contribution in [0.2, 0.25) is 15.1 Å². The van der Waals surface area contributed by atoms with Crippen molar-refractivity contribution in [3.8, 4) is 0 Å². The molecule has 1 aliphatic heterocycles. The molecule has 4 aliphatic rings. The molecule has 4 aromatic carbocycles. The average molecular weight is 601 g/mol. The number of nitrogens with zero attached hydrogens (tertiary/aromatic N) is 2. The van der Waals surface area contributed by atoms with Crippen molar-refractivity contribution in [1.82, 2.24) is 5.43 Å². The topological polar surface area (TPSA) is 78.8 Å². The molecule has 1 saturated heterocycles. The highest BCUT2D eigenvalue weighted by Crippen LogP contribution is 2.63. The van der Waals surface area contributed by atoms with Crippen molar-refractivity contribution in [2.45, 2.75) is 11.3 Å². The van der Waals surface area contributed by atoms with Gasteiger partial charge in [-0.1, -0.05) is 95.5 Å². The fourth-order valence-corrected chi connectivity index (χ4v) is 7.56. The summed E-state index contributed by atoms with van der Waals surface area (Å²) < 4.78 is 0. The Kier molecular flexibility index (Phi) is 6.05. The zero-order chi connectivity index (χ0) is 28.5. The maximum absolute atomic E-state index is 14.4. The molecule has 0 saturated carbocycles. The zero-order valence-electron chi connectivity index (χ0n) is 21.2. The Morgan fingerprint density at radius 2 is 1.44 bits per heavy atom. The summed E-state index contributed by atoms with van der Waals surface area (Å²) in [5.41, 5.74) is 5.64. The van der Waals surface area contributed by atoms with Crippen molar-refractivity contribution in [1.29, 1.82) is 0 Å². The van der Waals surface area contributed by atoms with Crippen LogP contribution in [0.3, 0.4) is 0 Å². The van der Waals surface area contributed by atoms with E-state index in [4.69, 9.17) is 34.8 Å². The summed E-state index contributed by atoms with van der Waals surface area (Å²) in [7, 11) is 0. The van der Waals surface area contributed by atoms with Gasteiger partial charge in [-0.25, -0.2) is 10.3 Å².